The predicted molar refractivity (Wildman–Crippen MR) is 103 cm³/mol. The quantitative estimate of drug-likeness (QED) is 0.521. The summed E-state index contributed by atoms with van der Waals surface area (Å²) in [5.41, 5.74) is 4.22. The molecule has 2 aromatic carbocycles. The van der Waals surface area contributed by atoms with E-state index in [1.165, 1.54) is 5.56 Å². The Labute approximate surface area is 153 Å². The summed E-state index contributed by atoms with van der Waals surface area (Å²) >= 11 is 12.5. The van der Waals surface area contributed by atoms with Gasteiger partial charge in [0.1, 0.15) is 5.82 Å². The first-order valence-corrected chi connectivity index (χ1v) is 8.81. The van der Waals surface area contributed by atoms with Crippen LogP contribution >= 0.6 is 23.2 Å². The van der Waals surface area contributed by atoms with Crippen molar-refractivity contribution in [3.8, 4) is 22.6 Å². The maximum absolute atomic E-state index is 6.44. The SMILES string of the molecule is Cc1nc(-c2ccc(Cl)cc2Cl)n(CC(C)C)c1-c1ccccc1. The lowest BCUT2D eigenvalue weighted by Crippen LogP contribution is -2.08. The van der Waals surface area contributed by atoms with Crippen molar-refractivity contribution in [1.29, 1.82) is 0 Å². The van der Waals surface area contributed by atoms with Gasteiger partial charge in [0.2, 0.25) is 0 Å². The normalized spacial score (nSPS) is 11.2. The molecular weight excluding hydrogens is 339 g/mol. The van der Waals surface area contributed by atoms with Gasteiger partial charge in [-0.15, -0.1) is 0 Å². The Morgan fingerprint density at radius 3 is 2.38 bits per heavy atom. The number of hydrogen-bond donors (Lipinski definition) is 0. The van der Waals surface area contributed by atoms with Gasteiger partial charge >= 0.3 is 0 Å². The first-order valence-electron chi connectivity index (χ1n) is 8.05. The van der Waals surface area contributed by atoms with Gasteiger partial charge in [0, 0.05) is 22.7 Å². The first-order chi connectivity index (χ1) is 11.5. The van der Waals surface area contributed by atoms with Crippen LogP contribution in [0.1, 0.15) is 19.5 Å². The molecule has 0 bridgehead atoms. The number of benzene rings is 2. The molecular formula is C20H20Cl2N2. The second-order valence-corrected chi connectivity index (χ2v) is 7.21. The summed E-state index contributed by atoms with van der Waals surface area (Å²) in [5.74, 6) is 1.38. The van der Waals surface area contributed by atoms with Crippen LogP contribution in [-0.2, 0) is 6.54 Å². The molecule has 0 atom stereocenters. The van der Waals surface area contributed by atoms with E-state index in [1.54, 1.807) is 6.07 Å². The summed E-state index contributed by atoms with van der Waals surface area (Å²) < 4.78 is 2.27. The van der Waals surface area contributed by atoms with Crippen LogP contribution < -0.4 is 0 Å². The number of rotatable bonds is 4. The average molecular weight is 359 g/mol. The van der Waals surface area contributed by atoms with Gasteiger partial charge < -0.3 is 4.57 Å². The van der Waals surface area contributed by atoms with E-state index in [9.17, 15) is 0 Å². The van der Waals surface area contributed by atoms with E-state index in [1.807, 2.05) is 25.1 Å². The minimum atomic E-state index is 0.492. The number of aromatic nitrogens is 2. The van der Waals surface area contributed by atoms with Crippen LogP contribution in [0.15, 0.2) is 48.5 Å². The molecule has 0 saturated heterocycles. The molecule has 0 spiro atoms. The molecule has 3 aromatic rings. The summed E-state index contributed by atoms with van der Waals surface area (Å²) in [6, 6.07) is 15.9. The van der Waals surface area contributed by atoms with Gasteiger partial charge in [-0.25, -0.2) is 4.98 Å². The zero-order valence-electron chi connectivity index (χ0n) is 14.1. The molecule has 0 amide bonds. The van der Waals surface area contributed by atoms with Crippen LogP contribution in [-0.4, -0.2) is 9.55 Å². The highest BCUT2D eigenvalue weighted by molar-refractivity contribution is 6.36. The van der Waals surface area contributed by atoms with Crippen molar-refractivity contribution in [2.45, 2.75) is 27.3 Å². The van der Waals surface area contributed by atoms with Gasteiger partial charge in [0.05, 0.1) is 16.4 Å². The molecule has 0 fully saturated rings. The maximum atomic E-state index is 6.44. The first kappa shape index (κ1) is 17.1. The van der Waals surface area contributed by atoms with Gasteiger partial charge in [-0.3, -0.25) is 0 Å². The highest BCUT2D eigenvalue weighted by atomic mass is 35.5. The fourth-order valence-corrected chi connectivity index (χ4v) is 3.45. The van der Waals surface area contributed by atoms with Crippen LogP contribution in [0.25, 0.3) is 22.6 Å². The average Bonchev–Trinajstić information content (AvgIpc) is 2.83. The molecule has 4 heteroatoms. The topological polar surface area (TPSA) is 17.8 Å². The van der Waals surface area contributed by atoms with E-state index in [0.717, 1.165) is 29.3 Å². The van der Waals surface area contributed by atoms with Gasteiger partial charge in [0.15, 0.2) is 0 Å². The molecule has 0 aliphatic carbocycles. The summed E-state index contributed by atoms with van der Waals surface area (Å²) in [7, 11) is 0. The molecule has 3 rings (SSSR count). The Hall–Kier alpha value is -1.77. The number of nitrogens with zero attached hydrogens (tertiary/aromatic N) is 2. The zero-order chi connectivity index (χ0) is 17.3. The van der Waals surface area contributed by atoms with Crippen LogP contribution in [0.2, 0.25) is 10.0 Å². The molecule has 0 N–H and O–H groups in total. The molecule has 1 aromatic heterocycles. The van der Waals surface area contributed by atoms with Crippen molar-refractivity contribution < 1.29 is 0 Å². The van der Waals surface area contributed by atoms with E-state index in [-0.39, 0.29) is 0 Å². The van der Waals surface area contributed by atoms with Gasteiger partial charge in [-0.05, 0) is 31.0 Å². The van der Waals surface area contributed by atoms with Crippen molar-refractivity contribution in [3.63, 3.8) is 0 Å². The summed E-state index contributed by atoms with van der Waals surface area (Å²) in [5, 5.41) is 1.25. The van der Waals surface area contributed by atoms with Crippen molar-refractivity contribution in [1.82, 2.24) is 9.55 Å². The van der Waals surface area contributed by atoms with Crippen LogP contribution in [0.3, 0.4) is 0 Å². The van der Waals surface area contributed by atoms with E-state index >= 15 is 0 Å². The standard InChI is InChI=1S/C20H20Cl2N2/c1-13(2)12-24-19(15-7-5-4-6-8-15)14(3)23-20(24)17-10-9-16(21)11-18(17)22/h4-11,13H,12H2,1-3H3. The fourth-order valence-electron chi connectivity index (χ4n) is 2.95. The molecule has 24 heavy (non-hydrogen) atoms. The third-order valence-corrected chi connectivity index (χ3v) is 4.46. The number of halogens is 2. The Balaban J connectivity index is 2.23. The van der Waals surface area contributed by atoms with Gasteiger partial charge in [0.25, 0.3) is 0 Å². The molecule has 0 aliphatic heterocycles. The van der Waals surface area contributed by atoms with E-state index in [4.69, 9.17) is 28.2 Å². The van der Waals surface area contributed by atoms with E-state index < -0.39 is 0 Å². The second-order valence-electron chi connectivity index (χ2n) is 6.36. The van der Waals surface area contributed by atoms with Crippen molar-refractivity contribution in [2.75, 3.05) is 0 Å². The van der Waals surface area contributed by atoms with Crippen molar-refractivity contribution >= 4 is 23.2 Å². The lowest BCUT2D eigenvalue weighted by Gasteiger charge is -2.15. The summed E-state index contributed by atoms with van der Waals surface area (Å²) in [6.07, 6.45) is 0. The zero-order valence-corrected chi connectivity index (χ0v) is 15.6. The molecule has 0 saturated carbocycles. The van der Waals surface area contributed by atoms with Crippen LogP contribution in [0.4, 0.5) is 0 Å². The van der Waals surface area contributed by atoms with E-state index in [2.05, 4.69) is 42.7 Å². The minimum Gasteiger partial charge on any atom is -0.323 e. The highest BCUT2D eigenvalue weighted by Gasteiger charge is 2.19. The lowest BCUT2D eigenvalue weighted by atomic mass is 10.1. The highest BCUT2D eigenvalue weighted by Crippen LogP contribution is 2.35. The Bertz CT molecular complexity index is 852. The van der Waals surface area contributed by atoms with Crippen LogP contribution in [0, 0.1) is 12.8 Å². The van der Waals surface area contributed by atoms with Crippen molar-refractivity contribution in [2.24, 2.45) is 5.92 Å². The smallest absolute Gasteiger partial charge is 0.142 e. The lowest BCUT2D eigenvalue weighted by molar-refractivity contribution is 0.530. The molecule has 124 valence electrons. The Morgan fingerprint density at radius 1 is 1.04 bits per heavy atom. The van der Waals surface area contributed by atoms with E-state index in [0.29, 0.717) is 16.0 Å². The molecule has 0 unspecified atom stereocenters. The monoisotopic (exact) mass is 358 g/mol. The van der Waals surface area contributed by atoms with Crippen molar-refractivity contribution in [3.05, 3.63) is 64.3 Å². The molecule has 1 heterocycles. The largest absolute Gasteiger partial charge is 0.323 e. The fraction of sp³-hybridized carbons (Fsp3) is 0.250. The van der Waals surface area contributed by atoms with Gasteiger partial charge in [-0.1, -0.05) is 67.4 Å². The third kappa shape index (κ3) is 3.35. The minimum absolute atomic E-state index is 0.492. The second kappa shape index (κ2) is 7.00. The molecule has 2 nitrogen and oxygen atoms in total. The maximum Gasteiger partial charge on any atom is 0.142 e. The molecule has 0 radical (unpaired) electrons. The third-order valence-electron chi connectivity index (χ3n) is 3.91. The summed E-state index contributed by atoms with van der Waals surface area (Å²) in [6.45, 7) is 7.33. The van der Waals surface area contributed by atoms with Gasteiger partial charge in [-0.2, -0.15) is 0 Å². The number of aryl methyl sites for hydroxylation is 1. The predicted octanol–water partition coefficient (Wildman–Crippen LogP) is 6.49. The summed E-state index contributed by atoms with van der Waals surface area (Å²) in [4.78, 5) is 4.84. The Kier molecular flexibility index (Phi) is 4.98. The Morgan fingerprint density at radius 2 is 1.75 bits per heavy atom. The van der Waals surface area contributed by atoms with Crippen LogP contribution in [0.5, 0.6) is 0 Å². The number of imidazole rings is 1. The molecule has 0 aliphatic rings. The number of hydrogen-bond acceptors (Lipinski definition) is 1.